The Bertz CT molecular complexity index is 988. The molecule has 0 atom stereocenters. The topological polar surface area (TPSA) is 36.3 Å². The first-order chi connectivity index (χ1) is 18.8. The molecule has 0 amide bonds. The van der Waals surface area contributed by atoms with Crippen LogP contribution in [0.1, 0.15) is 101 Å². The van der Waals surface area contributed by atoms with Gasteiger partial charge >= 0.3 is 0 Å². The Balaban J connectivity index is 1.46. The zero-order valence-electron chi connectivity index (χ0n) is 24.0. The molecule has 0 fully saturated rings. The molecule has 0 saturated heterocycles. The van der Waals surface area contributed by atoms with Crippen molar-refractivity contribution in [2.45, 2.75) is 103 Å². The summed E-state index contributed by atoms with van der Waals surface area (Å²) < 4.78 is 13.8. The van der Waals surface area contributed by atoms with Crippen LogP contribution < -0.4 is 15.2 Å². The molecule has 0 spiro atoms. The van der Waals surface area contributed by atoms with Crippen LogP contribution in [-0.2, 0) is 6.54 Å². The lowest BCUT2D eigenvalue weighted by atomic mass is 9.70. The first-order valence-electron chi connectivity index (χ1n) is 14.9. The van der Waals surface area contributed by atoms with Gasteiger partial charge in [0.15, 0.2) is 0 Å². The summed E-state index contributed by atoms with van der Waals surface area (Å²) in [6, 6.07) is 16.7. The van der Waals surface area contributed by atoms with Crippen molar-refractivity contribution in [3.05, 3.63) is 72.1 Å². The smallest absolute Gasteiger partial charge is 0.201 e. The second-order valence-corrected chi connectivity index (χ2v) is 10.3. The minimum Gasteiger partial charge on any atom is -0.496 e. The van der Waals surface area contributed by atoms with E-state index in [1.165, 1.54) is 75.3 Å². The summed E-state index contributed by atoms with van der Waals surface area (Å²) in [6.07, 6.45) is 20.8. The van der Waals surface area contributed by atoms with Crippen molar-refractivity contribution < 1.29 is 9.47 Å². The van der Waals surface area contributed by atoms with E-state index in [0.717, 1.165) is 42.9 Å². The van der Waals surface area contributed by atoms with E-state index >= 15 is 0 Å². The molecular formula is C33H48BN2O2. The maximum absolute atomic E-state index is 5.73. The fourth-order valence-corrected chi connectivity index (χ4v) is 5.41. The Morgan fingerprint density at radius 1 is 0.737 bits per heavy atom. The molecule has 3 aromatic rings. The average molecular weight is 516 g/mol. The molecule has 4 nitrogen and oxygen atoms in total. The summed E-state index contributed by atoms with van der Waals surface area (Å²) in [5, 5.41) is 0. The van der Waals surface area contributed by atoms with Crippen LogP contribution in [0.4, 0.5) is 0 Å². The highest BCUT2D eigenvalue weighted by Crippen LogP contribution is 2.39. The van der Waals surface area contributed by atoms with Crippen LogP contribution in [0, 0.1) is 0 Å². The second-order valence-electron chi connectivity index (χ2n) is 10.3. The lowest BCUT2D eigenvalue weighted by Crippen LogP contribution is -2.26. The maximum atomic E-state index is 5.73. The number of hydrogen-bond acceptors (Lipinski definition) is 3. The van der Waals surface area contributed by atoms with Crippen molar-refractivity contribution in [3.8, 4) is 11.5 Å². The van der Waals surface area contributed by atoms with Gasteiger partial charge < -0.3 is 14.0 Å². The number of unbranched alkanes of at least 4 members (excludes halogenated alkanes) is 9. The van der Waals surface area contributed by atoms with Crippen molar-refractivity contribution in [3.63, 3.8) is 0 Å². The van der Waals surface area contributed by atoms with Crippen LogP contribution in [0.25, 0.3) is 0 Å². The normalized spacial score (nSPS) is 11.2. The van der Waals surface area contributed by atoms with Crippen molar-refractivity contribution in [1.29, 1.82) is 0 Å². The lowest BCUT2D eigenvalue weighted by Gasteiger charge is -2.22. The molecule has 0 aliphatic heterocycles. The highest BCUT2D eigenvalue weighted by atomic mass is 16.5. The van der Waals surface area contributed by atoms with Crippen LogP contribution in [0.15, 0.2) is 60.9 Å². The molecule has 38 heavy (non-hydrogen) atoms. The van der Waals surface area contributed by atoms with Gasteiger partial charge in [0.25, 0.3) is 0 Å². The first-order valence-corrected chi connectivity index (χ1v) is 14.9. The molecule has 1 radical (unpaired) electrons. The van der Waals surface area contributed by atoms with Gasteiger partial charge in [-0.1, -0.05) is 114 Å². The van der Waals surface area contributed by atoms with E-state index in [0.29, 0.717) is 0 Å². The molecule has 205 valence electrons. The molecule has 1 aromatic heterocycles. The third-order valence-electron chi connectivity index (χ3n) is 7.55. The largest absolute Gasteiger partial charge is 0.496 e. The van der Waals surface area contributed by atoms with Gasteiger partial charge in [0, 0.05) is 36.0 Å². The predicted octanol–water partition coefficient (Wildman–Crippen LogP) is 8.18. The van der Waals surface area contributed by atoms with Gasteiger partial charge in [-0.25, -0.2) is 0 Å². The van der Waals surface area contributed by atoms with Gasteiger partial charge in [-0.2, -0.15) is 0 Å². The van der Waals surface area contributed by atoms with E-state index < -0.39 is 0 Å². The molecular weight excluding hydrogens is 467 g/mol. The van der Waals surface area contributed by atoms with Gasteiger partial charge in [-0.3, -0.25) is 4.98 Å². The SMILES string of the molecule is CCCCCCCCCCCCn1ccnc1[B]CCCC(c1ccccc1OC)c1ccccc1OC. The molecule has 3 rings (SSSR count). The summed E-state index contributed by atoms with van der Waals surface area (Å²) >= 11 is 0. The Morgan fingerprint density at radius 3 is 1.87 bits per heavy atom. The molecule has 0 aliphatic rings. The Labute approximate surface area is 232 Å². The van der Waals surface area contributed by atoms with E-state index in [1.54, 1.807) is 14.2 Å². The number of nitrogens with zero attached hydrogens (tertiary/aromatic N) is 2. The molecule has 0 aliphatic carbocycles. The maximum Gasteiger partial charge on any atom is 0.201 e. The third kappa shape index (κ3) is 9.56. The molecule has 1 heterocycles. The summed E-state index contributed by atoms with van der Waals surface area (Å²) in [4.78, 5) is 4.64. The van der Waals surface area contributed by atoms with Crippen molar-refractivity contribution in [2.24, 2.45) is 0 Å². The molecule has 2 aromatic carbocycles. The quantitative estimate of drug-likeness (QED) is 0.112. The van der Waals surface area contributed by atoms with Crippen molar-refractivity contribution in [1.82, 2.24) is 9.55 Å². The number of ether oxygens (including phenoxy) is 2. The molecule has 0 saturated carbocycles. The zero-order chi connectivity index (χ0) is 26.8. The Kier molecular flexibility index (Phi) is 14.0. The predicted molar refractivity (Wildman–Crippen MR) is 161 cm³/mol. The number of aryl methyl sites for hydroxylation is 1. The van der Waals surface area contributed by atoms with Gasteiger partial charge in [-0.05, 0) is 25.0 Å². The fourth-order valence-electron chi connectivity index (χ4n) is 5.41. The number of rotatable bonds is 20. The Hall–Kier alpha value is -2.69. The van der Waals surface area contributed by atoms with Gasteiger partial charge in [0.05, 0.1) is 19.9 Å². The van der Waals surface area contributed by atoms with Crippen molar-refractivity contribution in [2.75, 3.05) is 14.2 Å². The van der Waals surface area contributed by atoms with Crippen LogP contribution in [0.3, 0.4) is 0 Å². The minimum atomic E-state index is 0.210. The number of hydrogen-bond donors (Lipinski definition) is 0. The Morgan fingerprint density at radius 2 is 1.29 bits per heavy atom. The molecule has 0 bridgehead atoms. The highest BCUT2D eigenvalue weighted by molar-refractivity contribution is 6.51. The van der Waals surface area contributed by atoms with Crippen molar-refractivity contribution >= 4 is 13.0 Å². The van der Waals surface area contributed by atoms with E-state index in [2.05, 4.69) is 54.2 Å². The van der Waals surface area contributed by atoms with Crippen LogP contribution in [-0.4, -0.2) is 31.1 Å². The molecule has 5 heteroatoms. The van der Waals surface area contributed by atoms with Gasteiger partial charge in [-0.15, -0.1) is 0 Å². The first kappa shape index (κ1) is 29.9. The standard InChI is InChI=1S/C33H48BN2O2/c1-4-5-6-7-8-9-10-11-12-17-26-36-27-25-35-33(36)34-24-18-21-28(29-19-13-15-22-31(29)37-2)30-20-14-16-23-32(30)38-3/h13-16,19-20,22-23,25,27-28H,4-12,17-18,21,24,26H2,1-3H3. The highest BCUT2D eigenvalue weighted by Gasteiger charge is 2.21. The summed E-state index contributed by atoms with van der Waals surface area (Å²) in [5.41, 5.74) is 3.52. The average Bonchev–Trinajstić information content (AvgIpc) is 3.41. The fraction of sp³-hybridized carbons (Fsp3) is 0.545. The second kappa shape index (κ2) is 17.8. The minimum absolute atomic E-state index is 0.210. The number of benzene rings is 2. The third-order valence-corrected chi connectivity index (χ3v) is 7.55. The number of para-hydroxylation sites is 2. The van der Waals surface area contributed by atoms with E-state index in [9.17, 15) is 0 Å². The number of imidazole rings is 1. The zero-order valence-corrected chi connectivity index (χ0v) is 24.0. The molecule has 0 N–H and O–H groups in total. The van der Waals surface area contributed by atoms with E-state index in [4.69, 9.17) is 9.47 Å². The number of methoxy groups -OCH3 is 2. The van der Waals surface area contributed by atoms with Crippen LogP contribution >= 0.6 is 0 Å². The van der Waals surface area contributed by atoms with Crippen LogP contribution in [0.5, 0.6) is 11.5 Å². The van der Waals surface area contributed by atoms with Gasteiger partial charge in [0.2, 0.25) is 7.28 Å². The summed E-state index contributed by atoms with van der Waals surface area (Å²) in [7, 11) is 5.80. The van der Waals surface area contributed by atoms with Crippen LogP contribution in [0.2, 0.25) is 6.32 Å². The molecule has 0 unspecified atom stereocenters. The van der Waals surface area contributed by atoms with Gasteiger partial charge in [0.1, 0.15) is 11.5 Å². The lowest BCUT2D eigenvalue weighted by molar-refractivity contribution is 0.397. The summed E-state index contributed by atoms with van der Waals surface area (Å²) in [5.74, 6) is 2.07. The van der Waals surface area contributed by atoms with E-state index in [-0.39, 0.29) is 5.92 Å². The summed E-state index contributed by atoms with van der Waals surface area (Å²) in [6.45, 7) is 3.35. The monoisotopic (exact) mass is 515 g/mol. The van der Waals surface area contributed by atoms with E-state index in [1.807, 2.05) is 30.5 Å². The number of aromatic nitrogens is 2.